The third kappa shape index (κ3) is 28.4. The summed E-state index contributed by atoms with van der Waals surface area (Å²) in [4.78, 5) is 115. The first-order valence-corrected chi connectivity index (χ1v) is 26.6. The highest BCUT2D eigenvalue weighted by atomic mass is 32.2. The van der Waals surface area contributed by atoms with Crippen molar-refractivity contribution < 1.29 is 60.5 Å². The topological polar surface area (TPSA) is 233 Å². The molecule has 18 heteroatoms. The van der Waals surface area contributed by atoms with Gasteiger partial charge in [-0.2, -0.15) is 20.2 Å². The summed E-state index contributed by atoms with van der Waals surface area (Å²) >= 11 is 1.65. The van der Waals surface area contributed by atoms with Crippen molar-refractivity contribution in [2.45, 2.75) is 178 Å². The van der Waals surface area contributed by atoms with Crippen molar-refractivity contribution in [1.82, 2.24) is 9.80 Å². The van der Waals surface area contributed by atoms with Gasteiger partial charge in [0.05, 0.1) is 7.11 Å². The number of anilines is 1. The van der Waals surface area contributed by atoms with E-state index >= 15 is 0 Å². The summed E-state index contributed by atoms with van der Waals surface area (Å²) in [6.45, 7) is 29.9. The zero-order chi connectivity index (χ0) is 54.8. The molecule has 2 aliphatic rings. The molecule has 398 valence electrons. The lowest BCUT2D eigenvalue weighted by molar-refractivity contribution is -0.141. The molecule has 0 spiro atoms. The third-order valence-corrected chi connectivity index (χ3v) is 13.6. The molecule has 2 saturated heterocycles. The number of imide groups is 2. The van der Waals surface area contributed by atoms with E-state index in [0.29, 0.717) is 67.7 Å². The Morgan fingerprint density at radius 3 is 1.41 bits per heavy atom. The van der Waals surface area contributed by atoms with E-state index in [1.54, 1.807) is 43.0 Å². The standard InChI is InChI=1S/C13H17NO2.C12H19NO3.C11H17NO3.C10H20O4S2.C6H12O/c1-9(2)8-13(16)14-12-6-4-11(5-7-12)10(3)15;1-8(2)10-7-11(15)13(12(10)16)6-4-5-9(3)14;1-7(2)9-6-10(14)12(11(9)15)5-4-8(3)13;1-7(2)15-8(3)6-10(9(4)11)16(12,13)14-5;1-5(2)4-6(3)7/h4-7,9H,8H2,1-3H3,(H,14,16);8,10H,4-7H2,1-3H3;7,9H,4-6H2,1-3H3;7-8,10H,6H2,1-5H3;5H,4H2,1-3H3. The van der Waals surface area contributed by atoms with Crippen LogP contribution in [0.15, 0.2) is 24.3 Å². The van der Waals surface area contributed by atoms with Crippen molar-refractivity contribution in [2.75, 3.05) is 25.5 Å². The van der Waals surface area contributed by atoms with Crippen LogP contribution in [-0.4, -0.2) is 113 Å². The SMILES string of the molecule is CC(=O)CC(C)C.CC(=O)CCCN1C(=O)CC(C(C)C)C1=O.CC(=O)CCN1C(=O)CC(C(C)C)C1=O.CC(=O)c1ccc(NC(=O)CC(C)C)cc1.COS(=O)(=O)C(CC(C)SC(C)C)C(C)=O. The number of ketones is 5. The molecule has 5 amide bonds. The molecule has 4 unspecified atom stereocenters. The Morgan fingerprint density at radius 2 is 1.10 bits per heavy atom. The highest BCUT2D eigenvalue weighted by Crippen LogP contribution is 2.28. The van der Waals surface area contributed by atoms with E-state index in [1.807, 2.05) is 76.2 Å². The zero-order valence-electron chi connectivity index (χ0n) is 45.1. The van der Waals surface area contributed by atoms with Gasteiger partial charge in [0.15, 0.2) is 5.78 Å². The van der Waals surface area contributed by atoms with Crippen molar-refractivity contribution in [3.05, 3.63) is 29.8 Å². The van der Waals surface area contributed by atoms with Crippen LogP contribution in [0.2, 0.25) is 0 Å². The van der Waals surface area contributed by atoms with E-state index < -0.39 is 15.4 Å². The summed E-state index contributed by atoms with van der Waals surface area (Å²) in [6, 6.07) is 6.92. The molecule has 0 radical (unpaired) electrons. The summed E-state index contributed by atoms with van der Waals surface area (Å²) < 4.78 is 27.4. The van der Waals surface area contributed by atoms with Gasteiger partial charge in [0.1, 0.15) is 28.4 Å². The number of amides is 5. The molecule has 1 aromatic rings. The molecular weight excluding hydrogens is 939 g/mol. The number of benzene rings is 1. The van der Waals surface area contributed by atoms with E-state index in [0.717, 1.165) is 19.2 Å². The van der Waals surface area contributed by atoms with Crippen LogP contribution in [0, 0.1) is 35.5 Å². The molecule has 1 N–H and O–H groups in total. The minimum atomic E-state index is -3.75. The number of hydrogen-bond donors (Lipinski definition) is 1. The van der Waals surface area contributed by atoms with Gasteiger partial charge in [0.25, 0.3) is 10.1 Å². The Balaban J connectivity index is 0. The fourth-order valence-corrected chi connectivity index (χ4v) is 9.57. The lowest BCUT2D eigenvalue weighted by Gasteiger charge is -2.19. The highest BCUT2D eigenvalue weighted by molar-refractivity contribution is 8.00. The molecule has 0 aromatic heterocycles. The number of carbonyl (C=O) groups is 10. The molecule has 1 aromatic carbocycles. The Bertz CT molecular complexity index is 2010. The van der Waals surface area contributed by atoms with Crippen LogP contribution in [0.5, 0.6) is 0 Å². The van der Waals surface area contributed by atoms with Crippen LogP contribution in [0.1, 0.15) is 173 Å². The van der Waals surface area contributed by atoms with Crippen LogP contribution >= 0.6 is 11.8 Å². The summed E-state index contributed by atoms with van der Waals surface area (Å²) in [5.41, 5.74) is 1.39. The fourth-order valence-electron chi connectivity index (χ4n) is 7.06. The molecule has 2 aliphatic heterocycles. The predicted octanol–water partition coefficient (Wildman–Crippen LogP) is 8.72. The highest BCUT2D eigenvalue weighted by Gasteiger charge is 2.40. The minimum absolute atomic E-state index is 0.00333. The van der Waals surface area contributed by atoms with E-state index in [-0.39, 0.29) is 100 Å². The van der Waals surface area contributed by atoms with Crippen LogP contribution < -0.4 is 5.32 Å². The summed E-state index contributed by atoms with van der Waals surface area (Å²) in [5.74, 6) is 0.551. The Morgan fingerprint density at radius 1 is 0.657 bits per heavy atom. The normalized spacial score (nSPS) is 16.4. The molecule has 2 fully saturated rings. The largest absolute Gasteiger partial charge is 0.326 e. The van der Waals surface area contributed by atoms with Gasteiger partial charge in [-0.05, 0) is 101 Å². The zero-order valence-corrected chi connectivity index (χ0v) is 46.7. The van der Waals surface area contributed by atoms with E-state index in [9.17, 15) is 56.4 Å². The van der Waals surface area contributed by atoms with Gasteiger partial charge in [-0.1, -0.05) is 76.2 Å². The Labute approximate surface area is 423 Å². The maximum atomic E-state index is 11.9. The maximum absolute atomic E-state index is 11.9. The number of likely N-dealkylation sites (tertiary alicyclic amines) is 2. The first-order valence-electron chi connectivity index (χ1n) is 24.2. The van der Waals surface area contributed by atoms with E-state index in [2.05, 4.69) is 9.50 Å². The van der Waals surface area contributed by atoms with Crippen LogP contribution in [0.3, 0.4) is 0 Å². The van der Waals surface area contributed by atoms with Crippen molar-refractivity contribution in [1.29, 1.82) is 0 Å². The lowest BCUT2D eigenvalue weighted by Crippen LogP contribution is -2.33. The number of nitrogens with one attached hydrogen (secondary N) is 1. The third-order valence-electron chi connectivity index (χ3n) is 10.7. The van der Waals surface area contributed by atoms with Crippen LogP contribution in [-0.2, 0) is 57.5 Å². The number of nitrogens with zero attached hydrogens (tertiary/aromatic N) is 2. The number of hydrogen-bond acceptors (Lipinski definition) is 14. The Hall–Kier alpha value is -4.42. The van der Waals surface area contributed by atoms with Gasteiger partial charge < -0.3 is 14.9 Å². The second-order valence-electron chi connectivity index (χ2n) is 19.7. The molecule has 4 atom stereocenters. The molecule has 16 nitrogen and oxygen atoms in total. The van der Waals surface area contributed by atoms with Crippen molar-refractivity contribution in [3.63, 3.8) is 0 Å². The predicted molar refractivity (Wildman–Crippen MR) is 276 cm³/mol. The molecule has 2 heterocycles. The monoisotopic (exact) mass is 1020 g/mol. The second-order valence-corrected chi connectivity index (χ2v) is 23.6. The van der Waals surface area contributed by atoms with Crippen LogP contribution in [0.4, 0.5) is 5.69 Å². The lowest BCUT2D eigenvalue weighted by atomic mass is 9.94. The first-order chi connectivity index (χ1) is 32.2. The summed E-state index contributed by atoms with van der Waals surface area (Å²) in [6.07, 6.45) is 3.44. The van der Waals surface area contributed by atoms with Crippen molar-refractivity contribution in [3.8, 4) is 0 Å². The van der Waals surface area contributed by atoms with Crippen molar-refractivity contribution >= 4 is 86.0 Å². The molecule has 0 bridgehead atoms. The van der Waals surface area contributed by atoms with Gasteiger partial charge in [-0.15, -0.1) is 0 Å². The van der Waals surface area contributed by atoms with Gasteiger partial charge in [0, 0.05) is 80.0 Å². The van der Waals surface area contributed by atoms with E-state index in [1.165, 1.54) is 37.5 Å². The van der Waals surface area contributed by atoms with Crippen LogP contribution in [0.25, 0.3) is 0 Å². The van der Waals surface area contributed by atoms with Crippen molar-refractivity contribution in [2.24, 2.45) is 35.5 Å². The minimum Gasteiger partial charge on any atom is -0.326 e. The molecule has 0 saturated carbocycles. The molecule has 0 aliphatic carbocycles. The fraction of sp³-hybridized carbons (Fsp3) is 0.692. The summed E-state index contributed by atoms with van der Waals surface area (Å²) in [5, 5.41) is 2.27. The van der Waals surface area contributed by atoms with Gasteiger partial charge >= 0.3 is 0 Å². The number of carbonyl (C=O) groups excluding carboxylic acids is 10. The average molecular weight is 1020 g/mol. The molecular formula is C52H85N3O13S2. The second kappa shape index (κ2) is 34.0. The number of Topliss-reactive ketones (excluding diaryl/α,β-unsaturated/α-hetero) is 5. The quantitative estimate of drug-likeness (QED) is 0.0650. The first kappa shape index (κ1) is 67.7. The average Bonchev–Trinajstić information content (AvgIpc) is 3.67. The van der Waals surface area contributed by atoms with E-state index in [4.69, 9.17) is 0 Å². The van der Waals surface area contributed by atoms with Gasteiger partial charge in [-0.25, -0.2) is 0 Å². The maximum Gasteiger partial charge on any atom is 0.277 e. The summed E-state index contributed by atoms with van der Waals surface area (Å²) in [7, 11) is -2.66. The Kier molecular flexibility index (Phi) is 32.9. The number of rotatable bonds is 22. The van der Waals surface area contributed by atoms with Gasteiger partial charge in [-0.3, -0.25) is 52.3 Å². The molecule has 70 heavy (non-hydrogen) atoms. The molecule has 3 rings (SSSR count). The number of thioether (sulfide) groups is 1. The smallest absolute Gasteiger partial charge is 0.277 e. The van der Waals surface area contributed by atoms with Gasteiger partial charge in [0.2, 0.25) is 29.5 Å².